The maximum absolute atomic E-state index is 12.2. The van der Waals surface area contributed by atoms with E-state index < -0.39 is 12.1 Å². The van der Waals surface area contributed by atoms with E-state index in [1.165, 1.54) is 0 Å². The number of carboxylic acid groups (broad SMARTS) is 1. The lowest BCUT2D eigenvalue weighted by atomic mass is 10.1. The summed E-state index contributed by atoms with van der Waals surface area (Å²) in [7, 11) is 1.89. The third kappa shape index (κ3) is 4.40. The first-order chi connectivity index (χ1) is 13.3. The third-order valence-corrected chi connectivity index (χ3v) is 4.57. The zero-order chi connectivity index (χ0) is 20.3. The molecule has 1 atom stereocenters. The highest BCUT2D eigenvalue weighted by molar-refractivity contribution is 5.96. The molecule has 1 aliphatic heterocycles. The highest BCUT2D eigenvalue weighted by Gasteiger charge is 2.33. The van der Waals surface area contributed by atoms with Gasteiger partial charge in [0.1, 0.15) is 11.9 Å². The van der Waals surface area contributed by atoms with Crippen LogP contribution in [0.3, 0.4) is 0 Å². The van der Waals surface area contributed by atoms with Crippen LogP contribution in [0.4, 0.5) is 16.2 Å². The molecule has 8 heteroatoms. The first-order valence-electron chi connectivity index (χ1n) is 8.78. The fraction of sp³-hybridized carbons (Fsp3) is 0.250. The summed E-state index contributed by atoms with van der Waals surface area (Å²) in [4.78, 5) is 26.5. The van der Waals surface area contributed by atoms with Crippen LogP contribution in [-0.2, 0) is 16.0 Å². The monoisotopic (exact) mass is 382 g/mol. The summed E-state index contributed by atoms with van der Waals surface area (Å²) in [5.41, 5.74) is 8.39. The van der Waals surface area contributed by atoms with Gasteiger partial charge in [0.25, 0.3) is 0 Å². The normalized spacial score (nSPS) is 16.0. The summed E-state index contributed by atoms with van der Waals surface area (Å²) in [6.45, 7) is 0.922. The number of carbonyl (C=O) groups excluding carboxylic acids is 1. The molecule has 28 heavy (non-hydrogen) atoms. The van der Waals surface area contributed by atoms with Crippen molar-refractivity contribution < 1.29 is 19.4 Å². The van der Waals surface area contributed by atoms with E-state index in [9.17, 15) is 9.59 Å². The molecule has 0 spiro atoms. The average molecular weight is 382 g/mol. The third-order valence-electron chi connectivity index (χ3n) is 4.57. The molecule has 0 saturated carbocycles. The lowest BCUT2D eigenvalue weighted by Gasteiger charge is -2.22. The standard InChI is InChI=1S/C20H22N4O4/c1-23(15-6-2-13(3-7-15)10-18(25)26)11-17-12-24(20(27)28-17)16-8-4-14(5-9-16)19(21)22/h2-9,17H,10-12H2,1H3,(H3,21,22)(H,25,26). The van der Waals surface area contributed by atoms with E-state index in [0.29, 0.717) is 24.3 Å². The van der Waals surface area contributed by atoms with Gasteiger partial charge in [-0.1, -0.05) is 12.1 Å². The molecule has 1 amide bonds. The molecule has 1 aliphatic rings. The van der Waals surface area contributed by atoms with E-state index >= 15 is 0 Å². The molecule has 1 heterocycles. The van der Waals surface area contributed by atoms with Gasteiger partial charge in [-0.25, -0.2) is 4.79 Å². The Kier molecular flexibility index (Phi) is 5.49. The predicted octanol–water partition coefficient (Wildman–Crippen LogP) is 2.06. The molecule has 1 saturated heterocycles. The Morgan fingerprint density at radius 3 is 2.46 bits per heavy atom. The van der Waals surface area contributed by atoms with Crippen molar-refractivity contribution in [1.82, 2.24) is 0 Å². The molecule has 8 nitrogen and oxygen atoms in total. The quantitative estimate of drug-likeness (QED) is 0.498. The smallest absolute Gasteiger partial charge is 0.414 e. The van der Waals surface area contributed by atoms with Crippen LogP contribution in [0.25, 0.3) is 0 Å². The molecule has 2 aromatic carbocycles. The van der Waals surface area contributed by atoms with Gasteiger partial charge in [-0.3, -0.25) is 15.1 Å². The number of hydrogen-bond acceptors (Lipinski definition) is 5. The van der Waals surface area contributed by atoms with Crippen molar-refractivity contribution in [2.75, 3.05) is 29.9 Å². The molecule has 2 aromatic rings. The second kappa shape index (κ2) is 7.99. The van der Waals surface area contributed by atoms with E-state index in [1.54, 1.807) is 41.3 Å². The van der Waals surface area contributed by atoms with Crippen LogP contribution in [0.2, 0.25) is 0 Å². The summed E-state index contributed by atoms with van der Waals surface area (Å²) >= 11 is 0. The van der Waals surface area contributed by atoms with Gasteiger partial charge in [0.05, 0.1) is 19.5 Å². The number of amides is 1. The van der Waals surface area contributed by atoms with Crippen molar-refractivity contribution in [1.29, 1.82) is 5.41 Å². The SMILES string of the molecule is CN(CC1CN(c2ccc(C(=N)N)cc2)C(=O)O1)c1ccc(CC(=O)O)cc1. The van der Waals surface area contributed by atoms with Gasteiger partial charge in [-0.05, 0) is 42.0 Å². The van der Waals surface area contributed by atoms with Gasteiger partial charge in [-0.2, -0.15) is 0 Å². The first-order valence-corrected chi connectivity index (χ1v) is 8.78. The second-order valence-corrected chi connectivity index (χ2v) is 6.69. The highest BCUT2D eigenvalue weighted by Crippen LogP contribution is 2.23. The van der Waals surface area contributed by atoms with Gasteiger partial charge >= 0.3 is 12.1 Å². The molecule has 3 rings (SSSR count). The lowest BCUT2D eigenvalue weighted by molar-refractivity contribution is -0.136. The number of benzene rings is 2. The van der Waals surface area contributed by atoms with Gasteiger partial charge in [0, 0.05) is 24.0 Å². The Bertz CT molecular complexity index is 880. The number of nitrogens with one attached hydrogen (secondary N) is 1. The number of ether oxygens (including phenoxy) is 1. The number of cyclic esters (lactones) is 1. The minimum Gasteiger partial charge on any atom is -0.481 e. The zero-order valence-corrected chi connectivity index (χ0v) is 15.5. The van der Waals surface area contributed by atoms with Gasteiger partial charge in [0.2, 0.25) is 0 Å². The maximum Gasteiger partial charge on any atom is 0.414 e. The van der Waals surface area contributed by atoms with Crippen LogP contribution in [0.1, 0.15) is 11.1 Å². The zero-order valence-electron chi connectivity index (χ0n) is 15.5. The van der Waals surface area contributed by atoms with Crippen molar-refractivity contribution in [3.05, 3.63) is 59.7 Å². The van der Waals surface area contributed by atoms with E-state index in [4.69, 9.17) is 21.0 Å². The minimum atomic E-state index is -0.865. The summed E-state index contributed by atoms with van der Waals surface area (Å²) in [5.74, 6) is -0.889. The van der Waals surface area contributed by atoms with Gasteiger partial charge in [-0.15, -0.1) is 0 Å². The Morgan fingerprint density at radius 2 is 1.89 bits per heavy atom. The van der Waals surface area contributed by atoms with E-state index in [2.05, 4.69) is 0 Å². The van der Waals surface area contributed by atoms with Gasteiger partial charge in [0.15, 0.2) is 0 Å². The number of aliphatic carboxylic acids is 1. The minimum absolute atomic E-state index is 0.0123. The summed E-state index contributed by atoms with van der Waals surface area (Å²) < 4.78 is 5.48. The fourth-order valence-corrected chi connectivity index (χ4v) is 3.10. The Morgan fingerprint density at radius 1 is 1.25 bits per heavy atom. The number of carboxylic acids is 1. The molecule has 0 aromatic heterocycles. The summed E-state index contributed by atoms with van der Waals surface area (Å²) in [6.07, 6.45) is -0.726. The first kappa shape index (κ1) is 19.2. The largest absolute Gasteiger partial charge is 0.481 e. The number of anilines is 2. The number of nitrogens with zero attached hydrogens (tertiary/aromatic N) is 2. The van der Waals surface area contributed by atoms with Gasteiger partial charge < -0.3 is 20.5 Å². The van der Waals surface area contributed by atoms with Crippen molar-refractivity contribution in [3.63, 3.8) is 0 Å². The molecule has 146 valence electrons. The Hall–Kier alpha value is -3.55. The van der Waals surface area contributed by atoms with Crippen LogP contribution in [0, 0.1) is 5.41 Å². The molecule has 1 unspecified atom stereocenters. The number of nitrogens with two attached hydrogens (primary N) is 1. The number of likely N-dealkylation sites (N-methyl/N-ethyl adjacent to an activating group) is 1. The molecular weight excluding hydrogens is 360 g/mol. The Balaban J connectivity index is 1.61. The number of amidine groups is 1. The highest BCUT2D eigenvalue weighted by atomic mass is 16.6. The van der Waals surface area contributed by atoms with E-state index in [-0.39, 0.29) is 18.4 Å². The van der Waals surface area contributed by atoms with Crippen molar-refractivity contribution in [2.24, 2.45) is 5.73 Å². The molecule has 1 fully saturated rings. The van der Waals surface area contributed by atoms with Crippen molar-refractivity contribution in [3.8, 4) is 0 Å². The van der Waals surface area contributed by atoms with E-state index in [0.717, 1.165) is 11.3 Å². The number of rotatable bonds is 7. The van der Waals surface area contributed by atoms with Crippen molar-refractivity contribution >= 4 is 29.3 Å². The fourth-order valence-electron chi connectivity index (χ4n) is 3.10. The predicted molar refractivity (Wildman–Crippen MR) is 106 cm³/mol. The van der Waals surface area contributed by atoms with Crippen LogP contribution in [-0.4, -0.2) is 49.2 Å². The second-order valence-electron chi connectivity index (χ2n) is 6.69. The number of nitrogen functional groups attached to an aromatic ring is 1. The van der Waals surface area contributed by atoms with Crippen LogP contribution >= 0.6 is 0 Å². The summed E-state index contributed by atoms with van der Waals surface area (Å²) in [5, 5.41) is 16.3. The van der Waals surface area contributed by atoms with Crippen LogP contribution in [0.5, 0.6) is 0 Å². The summed E-state index contributed by atoms with van der Waals surface area (Å²) in [6, 6.07) is 14.1. The van der Waals surface area contributed by atoms with Crippen LogP contribution in [0.15, 0.2) is 48.5 Å². The molecular formula is C20H22N4O4. The molecule has 0 aliphatic carbocycles. The molecule has 0 bridgehead atoms. The van der Waals surface area contributed by atoms with Crippen molar-refractivity contribution in [2.45, 2.75) is 12.5 Å². The van der Waals surface area contributed by atoms with E-state index in [1.807, 2.05) is 24.1 Å². The number of carbonyl (C=O) groups is 2. The molecule has 4 N–H and O–H groups in total. The Labute approximate surface area is 162 Å². The molecule has 0 radical (unpaired) electrons. The lowest BCUT2D eigenvalue weighted by Crippen LogP contribution is -2.32. The van der Waals surface area contributed by atoms with Crippen LogP contribution < -0.4 is 15.5 Å². The topological polar surface area (TPSA) is 120 Å². The maximum atomic E-state index is 12.2. The average Bonchev–Trinajstić information content (AvgIpc) is 3.02. The number of hydrogen-bond donors (Lipinski definition) is 3.